The number of fused-ring (bicyclic) bond motifs is 1. The Morgan fingerprint density at radius 3 is 2.68 bits per heavy atom. The van der Waals surface area contributed by atoms with E-state index in [0.29, 0.717) is 11.3 Å². The lowest BCUT2D eigenvalue weighted by Gasteiger charge is -2.11. The molecule has 0 amide bonds. The quantitative estimate of drug-likeness (QED) is 0.439. The number of hydrogen-bond donors (Lipinski definition) is 1. The largest absolute Gasteiger partial charge is 0.290 e. The Hall–Kier alpha value is -3.19. The summed E-state index contributed by atoms with van der Waals surface area (Å²) in [5.74, 6) is 2.88. The summed E-state index contributed by atoms with van der Waals surface area (Å²) >= 11 is 11.8. The van der Waals surface area contributed by atoms with E-state index in [0.717, 1.165) is 18.2 Å². The SMILES string of the molecule is O=S(=O)(Nc1ccc(F)c(C#Cc2cncc3nccn23)c1F)c1cc(Cl)ccc1Cl. The molecular weight excluding hydrogens is 469 g/mol. The van der Waals surface area contributed by atoms with Gasteiger partial charge in [0.15, 0.2) is 11.5 Å². The van der Waals surface area contributed by atoms with Gasteiger partial charge in [-0.1, -0.05) is 29.1 Å². The molecule has 0 radical (unpaired) electrons. The molecule has 11 heteroatoms. The van der Waals surface area contributed by atoms with Gasteiger partial charge in [-0.3, -0.25) is 14.1 Å². The first kappa shape index (κ1) is 21.1. The summed E-state index contributed by atoms with van der Waals surface area (Å²) in [6.45, 7) is 0. The van der Waals surface area contributed by atoms with Crippen molar-refractivity contribution in [2.45, 2.75) is 4.90 Å². The summed E-state index contributed by atoms with van der Waals surface area (Å²) in [6.07, 6.45) is 6.06. The predicted molar refractivity (Wildman–Crippen MR) is 113 cm³/mol. The number of nitrogens with zero attached hydrogens (tertiary/aromatic N) is 3. The highest BCUT2D eigenvalue weighted by molar-refractivity contribution is 7.92. The molecule has 4 rings (SSSR count). The Labute approximate surface area is 185 Å². The van der Waals surface area contributed by atoms with Crippen LogP contribution in [0.3, 0.4) is 0 Å². The third kappa shape index (κ3) is 4.18. The van der Waals surface area contributed by atoms with Crippen LogP contribution in [0.2, 0.25) is 10.0 Å². The highest BCUT2D eigenvalue weighted by Crippen LogP contribution is 2.28. The molecule has 0 aliphatic carbocycles. The highest BCUT2D eigenvalue weighted by atomic mass is 35.5. The van der Waals surface area contributed by atoms with E-state index in [4.69, 9.17) is 23.2 Å². The molecular formula is C20H10Cl2F2N4O2S. The third-order valence-electron chi connectivity index (χ3n) is 4.15. The standard InChI is InChI=1S/C20H10Cl2F2N4O2S/c21-12-1-4-15(22)18(9-12)31(29,30)27-17-6-5-16(23)14(20(17)24)3-2-13-10-25-11-19-26-7-8-28(13)19/h1,4-11,27H. The molecule has 4 aromatic rings. The van der Waals surface area contributed by atoms with Crippen LogP contribution in [0.4, 0.5) is 14.5 Å². The fourth-order valence-corrected chi connectivity index (χ4v) is 4.52. The number of rotatable bonds is 3. The molecule has 0 bridgehead atoms. The van der Waals surface area contributed by atoms with Gasteiger partial charge in [-0.05, 0) is 36.3 Å². The van der Waals surface area contributed by atoms with Gasteiger partial charge in [0.05, 0.1) is 28.7 Å². The van der Waals surface area contributed by atoms with E-state index in [1.54, 1.807) is 10.6 Å². The van der Waals surface area contributed by atoms with Crippen LogP contribution in [0.1, 0.15) is 11.3 Å². The maximum absolute atomic E-state index is 15.0. The first-order valence-corrected chi connectivity index (χ1v) is 10.7. The number of imidazole rings is 1. The molecule has 0 atom stereocenters. The monoisotopic (exact) mass is 478 g/mol. The van der Waals surface area contributed by atoms with Crippen molar-refractivity contribution >= 4 is 44.6 Å². The fraction of sp³-hybridized carbons (Fsp3) is 0. The average molecular weight is 479 g/mol. The van der Waals surface area contributed by atoms with Crippen molar-refractivity contribution in [3.05, 3.63) is 88.1 Å². The summed E-state index contributed by atoms with van der Waals surface area (Å²) in [7, 11) is -4.31. The van der Waals surface area contributed by atoms with E-state index in [1.807, 2.05) is 0 Å². The number of nitrogens with one attached hydrogen (secondary N) is 1. The van der Waals surface area contributed by atoms with Crippen molar-refractivity contribution in [2.75, 3.05) is 4.72 Å². The van der Waals surface area contributed by atoms with Gasteiger partial charge in [-0.2, -0.15) is 0 Å². The van der Waals surface area contributed by atoms with Crippen LogP contribution >= 0.6 is 23.2 Å². The zero-order chi connectivity index (χ0) is 22.2. The lowest BCUT2D eigenvalue weighted by Crippen LogP contribution is -2.15. The molecule has 0 saturated carbocycles. The van der Waals surface area contributed by atoms with Crippen LogP contribution in [0, 0.1) is 23.5 Å². The second-order valence-electron chi connectivity index (χ2n) is 6.16. The number of halogens is 4. The van der Waals surface area contributed by atoms with Crippen molar-refractivity contribution in [2.24, 2.45) is 0 Å². The Morgan fingerprint density at radius 2 is 1.87 bits per heavy atom. The van der Waals surface area contributed by atoms with Crippen molar-refractivity contribution in [3.63, 3.8) is 0 Å². The van der Waals surface area contributed by atoms with Gasteiger partial charge in [-0.15, -0.1) is 0 Å². The summed E-state index contributed by atoms with van der Waals surface area (Å²) in [5, 5.41) is 0.0126. The minimum atomic E-state index is -4.31. The summed E-state index contributed by atoms with van der Waals surface area (Å²) in [5.41, 5.74) is -0.270. The fourth-order valence-electron chi connectivity index (χ4n) is 2.70. The maximum Gasteiger partial charge on any atom is 0.263 e. The molecule has 2 aromatic carbocycles. The Balaban J connectivity index is 1.74. The molecule has 0 aliphatic rings. The molecule has 6 nitrogen and oxygen atoms in total. The minimum absolute atomic E-state index is 0.111. The Morgan fingerprint density at radius 1 is 1.06 bits per heavy atom. The van der Waals surface area contributed by atoms with Gasteiger partial charge < -0.3 is 0 Å². The maximum atomic E-state index is 15.0. The number of sulfonamides is 1. The molecule has 0 saturated heterocycles. The molecule has 2 heterocycles. The van der Waals surface area contributed by atoms with Crippen LogP contribution in [0.5, 0.6) is 0 Å². The average Bonchev–Trinajstić information content (AvgIpc) is 3.21. The molecule has 0 fully saturated rings. The first-order chi connectivity index (χ1) is 14.8. The molecule has 31 heavy (non-hydrogen) atoms. The van der Waals surface area contributed by atoms with Gasteiger partial charge in [0.1, 0.15) is 16.4 Å². The number of benzene rings is 2. The molecule has 0 aliphatic heterocycles. The second-order valence-corrected chi connectivity index (χ2v) is 8.66. The lowest BCUT2D eigenvalue weighted by atomic mass is 10.1. The number of anilines is 1. The topological polar surface area (TPSA) is 76.4 Å². The predicted octanol–water partition coefficient (Wildman–Crippen LogP) is 4.51. The van der Waals surface area contributed by atoms with Gasteiger partial charge >= 0.3 is 0 Å². The minimum Gasteiger partial charge on any atom is -0.290 e. The van der Waals surface area contributed by atoms with Gasteiger partial charge in [-0.25, -0.2) is 22.2 Å². The molecule has 1 N–H and O–H groups in total. The van der Waals surface area contributed by atoms with E-state index in [9.17, 15) is 17.2 Å². The first-order valence-electron chi connectivity index (χ1n) is 8.51. The van der Waals surface area contributed by atoms with E-state index in [2.05, 4.69) is 26.5 Å². The molecule has 0 unspecified atom stereocenters. The van der Waals surface area contributed by atoms with Crippen LogP contribution in [-0.4, -0.2) is 22.8 Å². The van der Waals surface area contributed by atoms with E-state index in [-0.39, 0.29) is 14.9 Å². The van der Waals surface area contributed by atoms with Gasteiger partial charge in [0.2, 0.25) is 0 Å². The van der Waals surface area contributed by atoms with Crippen LogP contribution < -0.4 is 4.72 Å². The number of hydrogen-bond acceptors (Lipinski definition) is 4. The van der Waals surface area contributed by atoms with Gasteiger partial charge in [0, 0.05) is 17.4 Å². The van der Waals surface area contributed by atoms with Crippen molar-refractivity contribution in [1.29, 1.82) is 0 Å². The Bertz CT molecular complexity index is 1490. The van der Waals surface area contributed by atoms with E-state index < -0.39 is 32.9 Å². The summed E-state index contributed by atoms with van der Waals surface area (Å²) in [4.78, 5) is 7.67. The molecule has 156 valence electrons. The van der Waals surface area contributed by atoms with Crippen LogP contribution in [0.15, 0.2) is 60.0 Å². The van der Waals surface area contributed by atoms with E-state index >= 15 is 0 Å². The van der Waals surface area contributed by atoms with Crippen molar-refractivity contribution in [3.8, 4) is 11.8 Å². The Kier molecular flexibility index (Phi) is 5.54. The molecule has 2 aromatic heterocycles. The number of aromatic nitrogens is 3. The van der Waals surface area contributed by atoms with Gasteiger partial charge in [0.25, 0.3) is 10.0 Å². The summed E-state index contributed by atoms with van der Waals surface area (Å²) < 4.78 is 58.2. The van der Waals surface area contributed by atoms with E-state index in [1.165, 1.54) is 30.7 Å². The van der Waals surface area contributed by atoms with Crippen LogP contribution in [-0.2, 0) is 10.0 Å². The zero-order valence-corrected chi connectivity index (χ0v) is 17.6. The van der Waals surface area contributed by atoms with Crippen molar-refractivity contribution in [1.82, 2.24) is 14.4 Å². The third-order valence-corrected chi connectivity index (χ3v) is 6.23. The second kappa shape index (κ2) is 8.15. The highest BCUT2D eigenvalue weighted by Gasteiger charge is 2.22. The lowest BCUT2D eigenvalue weighted by molar-refractivity contribution is 0.578. The summed E-state index contributed by atoms with van der Waals surface area (Å²) in [6, 6.07) is 5.67. The smallest absolute Gasteiger partial charge is 0.263 e. The molecule has 0 spiro atoms. The van der Waals surface area contributed by atoms with Crippen molar-refractivity contribution < 1.29 is 17.2 Å². The van der Waals surface area contributed by atoms with Crippen LogP contribution in [0.25, 0.3) is 5.65 Å². The zero-order valence-electron chi connectivity index (χ0n) is 15.3. The normalized spacial score (nSPS) is 11.2.